The Bertz CT molecular complexity index is 774. The second-order valence-electron chi connectivity index (χ2n) is 4.65. The van der Waals surface area contributed by atoms with Gasteiger partial charge in [0.15, 0.2) is 0 Å². The Labute approximate surface area is 122 Å². The number of anilines is 2. The highest BCUT2D eigenvalue weighted by molar-refractivity contribution is 7.93. The van der Waals surface area contributed by atoms with Crippen LogP contribution in [-0.2, 0) is 16.4 Å². The molecule has 0 unspecified atom stereocenters. The molecule has 0 saturated heterocycles. The molecule has 2 aromatic carbocycles. The zero-order chi connectivity index (χ0) is 14.3. The van der Waals surface area contributed by atoms with Crippen LogP contribution in [0.15, 0.2) is 47.4 Å². The van der Waals surface area contributed by atoms with Gasteiger partial charge in [-0.05, 0) is 36.2 Å². The Morgan fingerprint density at radius 3 is 2.65 bits per heavy atom. The topological polar surface area (TPSA) is 63.4 Å². The summed E-state index contributed by atoms with van der Waals surface area (Å²) in [5.41, 5.74) is 7.80. The molecule has 0 aliphatic carbocycles. The van der Waals surface area contributed by atoms with Gasteiger partial charge in [0.25, 0.3) is 10.0 Å². The number of hydrogen-bond acceptors (Lipinski definition) is 3. The van der Waals surface area contributed by atoms with Gasteiger partial charge in [0, 0.05) is 12.2 Å². The van der Waals surface area contributed by atoms with Gasteiger partial charge in [-0.3, -0.25) is 4.31 Å². The fourth-order valence-corrected chi connectivity index (χ4v) is 4.44. The molecule has 2 aromatic rings. The zero-order valence-corrected chi connectivity index (χ0v) is 12.2. The SMILES string of the molecule is Nc1ccc(S(=O)(=O)N2CCc3ccccc32)c(Cl)c1. The van der Waals surface area contributed by atoms with Gasteiger partial charge in [-0.2, -0.15) is 0 Å². The largest absolute Gasteiger partial charge is 0.399 e. The number of nitrogens with two attached hydrogens (primary N) is 1. The van der Waals surface area contributed by atoms with E-state index in [4.69, 9.17) is 17.3 Å². The lowest BCUT2D eigenvalue weighted by Crippen LogP contribution is -2.29. The average molecular weight is 309 g/mol. The average Bonchev–Trinajstić information content (AvgIpc) is 2.82. The molecule has 1 aliphatic heterocycles. The van der Waals surface area contributed by atoms with Crippen molar-refractivity contribution in [2.75, 3.05) is 16.6 Å². The highest BCUT2D eigenvalue weighted by Crippen LogP contribution is 2.35. The molecule has 0 radical (unpaired) electrons. The summed E-state index contributed by atoms with van der Waals surface area (Å²) in [7, 11) is -3.65. The number of sulfonamides is 1. The van der Waals surface area contributed by atoms with E-state index in [0.717, 1.165) is 11.3 Å². The molecule has 104 valence electrons. The van der Waals surface area contributed by atoms with Gasteiger partial charge in [-0.1, -0.05) is 29.8 Å². The Balaban J connectivity index is 2.10. The number of hydrogen-bond donors (Lipinski definition) is 1. The van der Waals surface area contributed by atoms with Crippen LogP contribution in [0.3, 0.4) is 0 Å². The van der Waals surface area contributed by atoms with E-state index in [9.17, 15) is 8.42 Å². The maximum Gasteiger partial charge on any atom is 0.265 e. The molecule has 1 heterocycles. The van der Waals surface area contributed by atoms with Crippen molar-refractivity contribution < 1.29 is 8.42 Å². The maximum absolute atomic E-state index is 12.7. The highest BCUT2D eigenvalue weighted by Gasteiger charge is 2.31. The Morgan fingerprint density at radius 1 is 1.15 bits per heavy atom. The van der Waals surface area contributed by atoms with Crippen LogP contribution in [0.25, 0.3) is 0 Å². The molecule has 0 atom stereocenters. The van der Waals surface area contributed by atoms with Gasteiger partial charge < -0.3 is 5.73 Å². The fourth-order valence-electron chi connectivity index (χ4n) is 2.40. The van der Waals surface area contributed by atoms with Gasteiger partial charge in [0.1, 0.15) is 4.90 Å². The summed E-state index contributed by atoms with van der Waals surface area (Å²) in [5, 5.41) is 0.148. The Morgan fingerprint density at radius 2 is 1.90 bits per heavy atom. The molecule has 0 bridgehead atoms. The van der Waals surface area contributed by atoms with E-state index < -0.39 is 10.0 Å². The third-order valence-electron chi connectivity index (χ3n) is 3.37. The minimum absolute atomic E-state index is 0.0880. The van der Waals surface area contributed by atoms with Crippen molar-refractivity contribution in [1.29, 1.82) is 0 Å². The van der Waals surface area contributed by atoms with E-state index in [1.54, 1.807) is 6.07 Å². The third-order valence-corrected chi connectivity index (χ3v) is 5.66. The number of para-hydroxylation sites is 1. The quantitative estimate of drug-likeness (QED) is 0.868. The second-order valence-corrected chi connectivity index (χ2v) is 6.88. The molecule has 3 rings (SSSR count). The Hall–Kier alpha value is -1.72. The van der Waals surface area contributed by atoms with Crippen LogP contribution < -0.4 is 10.0 Å². The summed E-state index contributed by atoms with van der Waals surface area (Å²) in [6, 6.07) is 11.9. The zero-order valence-electron chi connectivity index (χ0n) is 10.6. The van der Waals surface area contributed by atoms with Gasteiger partial charge >= 0.3 is 0 Å². The number of benzene rings is 2. The van der Waals surface area contributed by atoms with Crippen molar-refractivity contribution in [1.82, 2.24) is 0 Å². The van der Waals surface area contributed by atoms with Crippen molar-refractivity contribution in [3.05, 3.63) is 53.1 Å². The van der Waals surface area contributed by atoms with Crippen LogP contribution in [0.5, 0.6) is 0 Å². The smallest absolute Gasteiger partial charge is 0.265 e. The summed E-state index contributed by atoms with van der Waals surface area (Å²) < 4.78 is 26.9. The lowest BCUT2D eigenvalue weighted by molar-refractivity contribution is 0.592. The lowest BCUT2D eigenvalue weighted by atomic mass is 10.2. The third kappa shape index (κ3) is 2.03. The fraction of sp³-hybridized carbons (Fsp3) is 0.143. The summed E-state index contributed by atoms with van der Waals surface area (Å²) in [6.07, 6.45) is 0.710. The lowest BCUT2D eigenvalue weighted by Gasteiger charge is -2.20. The van der Waals surface area contributed by atoms with Gasteiger partial charge in [0.05, 0.1) is 10.7 Å². The van der Waals surface area contributed by atoms with Gasteiger partial charge in [0.2, 0.25) is 0 Å². The number of nitrogens with zero attached hydrogens (tertiary/aromatic N) is 1. The summed E-state index contributed by atoms with van der Waals surface area (Å²) in [5.74, 6) is 0. The van der Waals surface area contributed by atoms with E-state index in [1.165, 1.54) is 16.4 Å². The number of halogens is 1. The molecule has 20 heavy (non-hydrogen) atoms. The first-order valence-electron chi connectivity index (χ1n) is 6.16. The van der Waals surface area contributed by atoms with Crippen LogP contribution in [0.1, 0.15) is 5.56 Å². The monoisotopic (exact) mass is 308 g/mol. The van der Waals surface area contributed by atoms with Crippen LogP contribution in [0, 0.1) is 0 Å². The van der Waals surface area contributed by atoms with Gasteiger partial charge in [-0.15, -0.1) is 0 Å². The van der Waals surface area contributed by atoms with E-state index in [1.807, 2.05) is 24.3 Å². The highest BCUT2D eigenvalue weighted by atomic mass is 35.5. The summed E-state index contributed by atoms with van der Waals surface area (Å²) >= 11 is 6.03. The first-order valence-corrected chi connectivity index (χ1v) is 7.97. The Kier molecular flexibility index (Phi) is 3.11. The van der Waals surface area contributed by atoms with Crippen LogP contribution >= 0.6 is 11.6 Å². The summed E-state index contributed by atoms with van der Waals surface area (Å²) in [6.45, 7) is 0.433. The molecule has 1 aliphatic rings. The van der Waals surface area contributed by atoms with Crippen molar-refractivity contribution in [2.45, 2.75) is 11.3 Å². The minimum atomic E-state index is -3.65. The number of rotatable bonds is 2. The molecule has 6 heteroatoms. The standard InChI is InChI=1S/C14H13ClN2O2S/c15-12-9-11(16)5-6-14(12)20(18,19)17-8-7-10-3-1-2-4-13(10)17/h1-6,9H,7-8,16H2. The van der Waals surface area contributed by atoms with E-state index in [-0.39, 0.29) is 9.92 Å². The van der Waals surface area contributed by atoms with Crippen molar-refractivity contribution in [3.63, 3.8) is 0 Å². The predicted octanol–water partition coefficient (Wildman–Crippen LogP) is 2.67. The van der Waals surface area contributed by atoms with Crippen LogP contribution in [0.2, 0.25) is 5.02 Å². The molecule has 2 N–H and O–H groups in total. The van der Waals surface area contributed by atoms with Gasteiger partial charge in [-0.25, -0.2) is 8.42 Å². The minimum Gasteiger partial charge on any atom is -0.399 e. The second kappa shape index (κ2) is 4.68. The molecule has 0 saturated carbocycles. The van der Waals surface area contributed by atoms with Crippen molar-refractivity contribution in [3.8, 4) is 0 Å². The number of fused-ring (bicyclic) bond motifs is 1. The normalized spacial score (nSPS) is 14.3. The van der Waals surface area contributed by atoms with Crippen LogP contribution in [0.4, 0.5) is 11.4 Å². The van der Waals surface area contributed by atoms with E-state index in [0.29, 0.717) is 18.7 Å². The molecule has 0 amide bonds. The predicted molar refractivity (Wildman–Crippen MR) is 80.5 cm³/mol. The van der Waals surface area contributed by atoms with Crippen LogP contribution in [-0.4, -0.2) is 15.0 Å². The molecular weight excluding hydrogens is 296 g/mol. The maximum atomic E-state index is 12.7. The van der Waals surface area contributed by atoms with Crippen molar-refractivity contribution in [2.24, 2.45) is 0 Å². The van der Waals surface area contributed by atoms with Crippen molar-refractivity contribution >= 4 is 33.0 Å². The molecule has 0 aromatic heterocycles. The molecule has 0 spiro atoms. The van der Waals surface area contributed by atoms with E-state index in [2.05, 4.69) is 0 Å². The molecule has 0 fully saturated rings. The summed E-state index contributed by atoms with van der Waals surface area (Å²) in [4.78, 5) is 0.0880. The number of nitrogen functional groups attached to an aromatic ring is 1. The molecular formula is C14H13ClN2O2S. The first kappa shape index (κ1) is 13.3. The van der Waals surface area contributed by atoms with E-state index >= 15 is 0 Å². The first-order chi connectivity index (χ1) is 9.50. The molecule has 4 nitrogen and oxygen atoms in total.